The summed E-state index contributed by atoms with van der Waals surface area (Å²) < 4.78 is 67.9. The highest BCUT2D eigenvalue weighted by atomic mass is 35.5. The Morgan fingerprint density at radius 1 is 1.24 bits per heavy atom. The summed E-state index contributed by atoms with van der Waals surface area (Å²) >= 11 is 0. The van der Waals surface area contributed by atoms with Crippen molar-refractivity contribution < 1.29 is 26.3 Å². The summed E-state index contributed by atoms with van der Waals surface area (Å²) in [6.07, 6.45) is -2.59. The van der Waals surface area contributed by atoms with Crippen LogP contribution in [0.25, 0.3) is 0 Å². The maximum atomic E-state index is 12.7. The van der Waals surface area contributed by atoms with E-state index in [0.717, 1.165) is 25.1 Å². The summed E-state index contributed by atoms with van der Waals surface area (Å²) in [6, 6.07) is 4.85. The molecule has 0 bridgehead atoms. The fourth-order valence-electron chi connectivity index (χ4n) is 2.80. The Balaban J connectivity index is 0.00000312. The smallest absolute Gasteiger partial charge is 0.404 e. The minimum atomic E-state index is -4.94. The van der Waals surface area contributed by atoms with Gasteiger partial charge in [-0.2, -0.15) is 4.31 Å². The summed E-state index contributed by atoms with van der Waals surface area (Å²) in [5, 5.41) is 3.06. The van der Waals surface area contributed by atoms with Crippen LogP contribution in [-0.4, -0.2) is 45.8 Å². The van der Waals surface area contributed by atoms with E-state index < -0.39 is 27.0 Å². The number of hydrogen-bond donors (Lipinski definition) is 1. The third-order valence-electron chi connectivity index (χ3n) is 4.07. The second-order valence-electron chi connectivity index (χ2n) is 5.73. The summed E-state index contributed by atoms with van der Waals surface area (Å²) in [5.41, 5.74) is 0. The second-order valence-corrected chi connectivity index (χ2v) is 7.64. The van der Waals surface area contributed by atoms with Gasteiger partial charge in [0, 0.05) is 13.1 Å². The van der Waals surface area contributed by atoms with Gasteiger partial charge in [-0.25, -0.2) is 8.42 Å². The summed E-state index contributed by atoms with van der Waals surface area (Å²) in [4.78, 5) is -0.448. The van der Waals surface area contributed by atoms with Crippen molar-refractivity contribution in [2.75, 3.05) is 26.7 Å². The molecular formula is C15H22ClF3N2O3S. The molecule has 0 unspecified atom stereocenters. The molecule has 25 heavy (non-hydrogen) atoms. The maximum absolute atomic E-state index is 12.7. The highest BCUT2D eigenvalue weighted by molar-refractivity contribution is 7.89. The summed E-state index contributed by atoms with van der Waals surface area (Å²) in [5.74, 6) is -0.270. The number of para-hydroxylation sites is 1. The van der Waals surface area contributed by atoms with Gasteiger partial charge < -0.3 is 10.1 Å². The van der Waals surface area contributed by atoms with E-state index in [2.05, 4.69) is 10.1 Å². The van der Waals surface area contributed by atoms with Gasteiger partial charge in [-0.3, -0.25) is 0 Å². The first kappa shape index (κ1) is 22.0. The van der Waals surface area contributed by atoms with Gasteiger partial charge in [-0.15, -0.1) is 25.6 Å². The SMILES string of the molecule is CNCCC1CCN(S(=O)(=O)c2ccccc2OC(F)(F)F)CC1.Cl. The normalized spacial score (nSPS) is 17.1. The van der Waals surface area contributed by atoms with Crippen LogP contribution in [0.5, 0.6) is 5.75 Å². The number of ether oxygens (including phenoxy) is 1. The molecule has 0 spiro atoms. The lowest BCUT2D eigenvalue weighted by atomic mass is 9.95. The average molecular weight is 403 g/mol. The number of hydrogen-bond acceptors (Lipinski definition) is 4. The molecule has 1 aromatic carbocycles. The van der Waals surface area contributed by atoms with Crippen LogP contribution >= 0.6 is 12.4 Å². The Labute approximate surface area is 152 Å². The van der Waals surface area contributed by atoms with Crippen molar-refractivity contribution in [3.63, 3.8) is 0 Å². The quantitative estimate of drug-likeness (QED) is 0.794. The Hall–Kier alpha value is -1.03. The predicted molar refractivity (Wildman–Crippen MR) is 90.4 cm³/mol. The largest absolute Gasteiger partial charge is 0.573 e. The molecule has 1 fully saturated rings. The first-order chi connectivity index (χ1) is 11.2. The number of rotatable bonds is 6. The molecule has 2 rings (SSSR count). The average Bonchev–Trinajstić information content (AvgIpc) is 2.52. The molecule has 0 amide bonds. The molecule has 1 aliphatic heterocycles. The Morgan fingerprint density at radius 3 is 2.40 bits per heavy atom. The third kappa shape index (κ3) is 6.02. The fourth-order valence-corrected chi connectivity index (χ4v) is 4.38. The van der Waals surface area contributed by atoms with E-state index in [-0.39, 0.29) is 12.4 Å². The van der Waals surface area contributed by atoms with E-state index >= 15 is 0 Å². The number of alkyl halides is 3. The molecule has 1 N–H and O–H groups in total. The van der Waals surface area contributed by atoms with Gasteiger partial charge in [0.2, 0.25) is 10.0 Å². The van der Waals surface area contributed by atoms with E-state index in [0.29, 0.717) is 31.8 Å². The van der Waals surface area contributed by atoms with Crippen molar-refractivity contribution in [3.05, 3.63) is 24.3 Å². The molecule has 0 atom stereocenters. The number of benzene rings is 1. The lowest BCUT2D eigenvalue weighted by Gasteiger charge is -2.31. The third-order valence-corrected chi connectivity index (χ3v) is 6.01. The van der Waals surface area contributed by atoms with E-state index in [4.69, 9.17) is 0 Å². The Kier molecular flexibility index (Phi) is 7.98. The molecule has 1 aromatic rings. The van der Waals surface area contributed by atoms with Crippen molar-refractivity contribution in [2.24, 2.45) is 5.92 Å². The molecule has 0 aliphatic carbocycles. The Morgan fingerprint density at radius 2 is 1.84 bits per heavy atom. The van der Waals surface area contributed by atoms with E-state index in [1.54, 1.807) is 0 Å². The van der Waals surface area contributed by atoms with Crippen LogP contribution in [-0.2, 0) is 10.0 Å². The molecule has 10 heteroatoms. The number of nitrogens with one attached hydrogen (secondary N) is 1. The van der Waals surface area contributed by atoms with Crippen molar-refractivity contribution in [1.29, 1.82) is 0 Å². The van der Waals surface area contributed by atoms with Crippen LogP contribution in [0.15, 0.2) is 29.2 Å². The zero-order valence-electron chi connectivity index (χ0n) is 13.8. The highest BCUT2D eigenvalue weighted by Crippen LogP contribution is 2.33. The number of halogens is 4. The van der Waals surface area contributed by atoms with Gasteiger partial charge in [0.05, 0.1) is 0 Å². The van der Waals surface area contributed by atoms with Gasteiger partial charge in [0.1, 0.15) is 10.6 Å². The van der Waals surface area contributed by atoms with Crippen LogP contribution in [0.1, 0.15) is 19.3 Å². The number of piperidine rings is 1. The van der Waals surface area contributed by atoms with Gasteiger partial charge in [-0.05, 0) is 50.9 Å². The van der Waals surface area contributed by atoms with Crippen molar-refractivity contribution in [3.8, 4) is 5.75 Å². The minimum absolute atomic E-state index is 0. The summed E-state index contributed by atoms with van der Waals surface area (Å²) in [7, 11) is -2.16. The van der Waals surface area contributed by atoms with Crippen molar-refractivity contribution >= 4 is 22.4 Å². The molecule has 5 nitrogen and oxygen atoms in total. The van der Waals surface area contributed by atoms with Crippen LogP contribution in [0.3, 0.4) is 0 Å². The van der Waals surface area contributed by atoms with Gasteiger partial charge >= 0.3 is 6.36 Å². The maximum Gasteiger partial charge on any atom is 0.573 e. The topological polar surface area (TPSA) is 58.6 Å². The molecule has 1 saturated heterocycles. The van der Waals surface area contributed by atoms with E-state index in [9.17, 15) is 21.6 Å². The van der Waals surface area contributed by atoms with Crippen molar-refractivity contribution in [2.45, 2.75) is 30.5 Å². The van der Waals surface area contributed by atoms with Gasteiger partial charge in [0.25, 0.3) is 0 Å². The van der Waals surface area contributed by atoms with Crippen LogP contribution in [0, 0.1) is 5.92 Å². The minimum Gasteiger partial charge on any atom is -0.404 e. The zero-order chi connectivity index (χ0) is 17.8. The standard InChI is InChI=1S/C15H21F3N2O3S.ClH/c1-19-9-6-12-7-10-20(11-8-12)24(21,22)14-5-3-2-4-13(14)23-15(16,17)18;/h2-5,12,19H,6-11H2,1H3;1H. The molecule has 1 aliphatic rings. The molecule has 1 heterocycles. The molecule has 0 aromatic heterocycles. The molecule has 144 valence electrons. The van der Waals surface area contributed by atoms with E-state index in [1.165, 1.54) is 16.4 Å². The highest BCUT2D eigenvalue weighted by Gasteiger charge is 2.36. The first-order valence-electron chi connectivity index (χ1n) is 7.73. The lowest BCUT2D eigenvalue weighted by Crippen LogP contribution is -2.39. The summed E-state index contributed by atoms with van der Waals surface area (Å²) in [6.45, 7) is 1.47. The van der Waals surface area contributed by atoms with Crippen LogP contribution < -0.4 is 10.1 Å². The van der Waals surface area contributed by atoms with E-state index in [1.807, 2.05) is 7.05 Å². The Bertz CT molecular complexity index is 648. The number of sulfonamides is 1. The monoisotopic (exact) mass is 402 g/mol. The van der Waals surface area contributed by atoms with Gasteiger partial charge in [-0.1, -0.05) is 12.1 Å². The lowest BCUT2D eigenvalue weighted by molar-refractivity contribution is -0.275. The fraction of sp³-hybridized carbons (Fsp3) is 0.600. The first-order valence-corrected chi connectivity index (χ1v) is 9.17. The van der Waals surface area contributed by atoms with Crippen LogP contribution in [0.4, 0.5) is 13.2 Å². The molecule has 0 radical (unpaired) electrons. The van der Waals surface area contributed by atoms with Crippen molar-refractivity contribution in [1.82, 2.24) is 9.62 Å². The zero-order valence-corrected chi connectivity index (χ0v) is 15.4. The number of nitrogens with zero attached hydrogens (tertiary/aromatic N) is 1. The molecular weight excluding hydrogens is 381 g/mol. The second kappa shape index (κ2) is 9.07. The van der Waals surface area contributed by atoms with Crippen LogP contribution in [0.2, 0.25) is 0 Å². The predicted octanol–water partition coefficient (Wildman–Crippen LogP) is 3.02. The molecule has 0 saturated carbocycles. The van der Waals surface area contributed by atoms with Gasteiger partial charge in [0.15, 0.2) is 0 Å².